The van der Waals surface area contributed by atoms with Gasteiger partial charge in [-0.15, -0.1) is 5.11 Å². The molecule has 0 saturated heterocycles. The molecular formula is C18H16N4O2. The van der Waals surface area contributed by atoms with E-state index in [1.165, 1.54) is 12.1 Å². The number of fused-ring (bicyclic) bond motifs is 1. The zero-order valence-corrected chi connectivity index (χ0v) is 13.4. The third-order valence-electron chi connectivity index (χ3n) is 3.69. The summed E-state index contributed by atoms with van der Waals surface area (Å²) >= 11 is 0. The first kappa shape index (κ1) is 15.6. The summed E-state index contributed by atoms with van der Waals surface area (Å²) in [5.41, 5.74) is 2.48. The van der Waals surface area contributed by atoms with E-state index < -0.39 is 4.92 Å². The van der Waals surface area contributed by atoms with Gasteiger partial charge in [0.25, 0.3) is 5.69 Å². The number of nitro groups is 1. The molecule has 0 aliphatic heterocycles. The van der Waals surface area contributed by atoms with Crippen LogP contribution in [0.15, 0.2) is 70.9 Å². The van der Waals surface area contributed by atoms with Crippen molar-refractivity contribution in [2.75, 3.05) is 19.0 Å². The maximum Gasteiger partial charge on any atom is 0.269 e. The Morgan fingerprint density at radius 2 is 1.54 bits per heavy atom. The second-order valence-corrected chi connectivity index (χ2v) is 5.52. The molecule has 6 heteroatoms. The summed E-state index contributed by atoms with van der Waals surface area (Å²) in [5, 5.41) is 21.3. The smallest absolute Gasteiger partial charge is 0.269 e. The van der Waals surface area contributed by atoms with Crippen molar-refractivity contribution in [2.24, 2.45) is 10.2 Å². The number of rotatable bonds is 4. The lowest BCUT2D eigenvalue weighted by Gasteiger charge is -2.16. The van der Waals surface area contributed by atoms with E-state index >= 15 is 0 Å². The van der Waals surface area contributed by atoms with Crippen LogP contribution in [-0.4, -0.2) is 19.0 Å². The first-order valence-electron chi connectivity index (χ1n) is 7.41. The third-order valence-corrected chi connectivity index (χ3v) is 3.69. The predicted octanol–water partition coefficient (Wildman–Crippen LogP) is 5.23. The van der Waals surface area contributed by atoms with Gasteiger partial charge in [-0.1, -0.05) is 24.3 Å². The Balaban J connectivity index is 1.98. The monoisotopic (exact) mass is 320 g/mol. The fraction of sp³-hybridized carbons (Fsp3) is 0.111. The van der Waals surface area contributed by atoms with Gasteiger partial charge in [-0.3, -0.25) is 10.1 Å². The Labute approximate surface area is 139 Å². The van der Waals surface area contributed by atoms with Crippen LogP contribution >= 0.6 is 0 Å². The minimum Gasteiger partial charge on any atom is -0.377 e. The molecule has 0 N–H and O–H groups in total. The minimum absolute atomic E-state index is 0.0368. The molecule has 0 saturated carbocycles. The van der Waals surface area contributed by atoms with Gasteiger partial charge in [0.15, 0.2) is 0 Å². The summed E-state index contributed by atoms with van der Waals surface area (Å²) in [6.07, 6.45) is 0. The summed E-state index contributed by atoms with van der Waals surface area (Å²) in [4.78, 5) is 12.3. The van der Waals surface area contributed by atoms with Crippen LogP contribution in [-0.2, 0) is 0 Å². The van der Waals surface area contributed by atoms with E-state index in [9.17, 15) is 10.1 Å². The molecule has 0 atom stereocenters. The fourth-order valence-electron chi connectivity index (χ4n) is 2.50. The van der Waals surface area contributed by atoms with Crippen LogP contribution in [0, 0.1) is 10.1 Å². The van der Waals surface area contributed by atoms with Crippen LogP contribution in [0.3, 0.4) is 0 Å². The maximum atomic E-state index is 10.7. The van der Waals surface area contributed by atoms with E-state index in [0.717, 1.165) is 22.1 Å². The van der Waals surface area contributed by atoms with Gasteiger partial charge in [-0.05, 0) is 24.3 Å². The molecule has 0 aliphatic rings. The second-order valence-electron chi connectivity index (χ2n) is 5.52. The lowest BCUT2D eigenvalue weighted by Crippen LogP contribution is -2.08. The zero-order valence-electron chi connectivity index (χ0n) is 13.4. The minimum atomic E-state index is -0.436. The molecule has 0 bridgehead atoms. The zero-order chi connectivity index (χ0) is 17.1. The quantitative estimate of drug-likeness (QED) is 0.375. The number of non-ortho nitro benzene ring substituents is 1. The van der Waals surface area contributed by atoms with Crippen LogP contribution in [0.25, 0.3) is 10.8 Å². The molecule has 0 amide bonds. The molecule has 0 aliphatic carbocycles. The van der Waals surface area contributed by atoms with Gasteiger partial charge in [-0.25, -0.2) is 0 Å². The van der Waals surface area contributed by atoms with Crippen molar-refractivity contribution in [3.63, 3.8) is 0 Å². The molecule has 120 valence electrons. The number of hydrogen-bond donors (Lipinski definition) is 0. The van der Waals surface area contributed by atoms with Gasteiger partial charge in [0.1, 0.15) is 0 Å². The Kier molecular flexibility index (Phi) is 4.20. The Hall–Kier alpha value is -3.28. The molecule has 0 spiro atoms. The van der Waals surface area contributed by atoms with Gasteiger partial charge in [0, 0.05) is 42.7 Å². The largest absolute Gasteiger partial charge is 0.377 e. The van der Waals surface area contributed by atoms with Gasteiger partial charge in [-0.2, -0.15) is 5.11 Å². The van der Waals surface area contributed by atoms with Crippen LogP contribution in [0.4, 0.5) is 22.7 Å². The van der Waals surface area contributed by atoms with Gasteiger partial charge in [0.2, 0.25) is 0 Å². The standard InChI is InChI=1S/C18H16N4O2/c1-21(2)18-12-11-17(15-5-3-4-6-16(15)18)20-19-13-7-9-14(10-8-13)22(23)24/h3-12H,1-2H3/b20-19+. The Bertz CT molecular complexity index is 918. The highest BCUT2D eigenvalue weighted by Gasteiger charge is 2.07. The average molecular weight is 320 g/mol. The molecule has 24 heavy (non-hydrogen) atoms. The molecule has 0 aromatic heterocycles. The highest BCUT2D eigenvalue weighted by atomic mass is 16.6. The molecule has 3 rings (SSSR count). The summed E-state index contributed by atoms with van der Waals surface area (Å²) in [7, 11) is 4.00. The SMILES string of the molecule is CN(C)c1ccc(/N=N/c2ccc([N+](=O)[O-])cc2)c2ccccc12. The van der Waals surface area contributed by atoms with Crippen molar-refractivity contribution in [1.82, 2.24) is 0 Å². The first-order valence-corrected chi connectivity index (χ1v) is 7.41. The highest BCUT2D eigenvalue weighted by Crippen LogP contribution is 2.34. The molecule has 0 fully saturated rings. The molecule has 6 nitrogen and oxygen atoms in total. The van der Waals surface area contributed by atoms with E-state index in [-0.39, 0.29) is 5.69 Å². The summed E-state index contributed by atoms with van der Waals surface area (Å²) < 4.78 is 0. The van der Waals surface area contributed by atoms with Crippen molar-refractivity contribution in [3.8, 4) is 0 Å². The normalized spacial score (nSPS) is 11.1. The lowest BCUT2D eigenvalue weighted by atomic mass is 10.1. The summed E-state index contributed by atoms with van der Waals surface area (Å²) in [5.74, 6) is 0. The predicted molar refractivity (Wildman–Crippen MR) is 95.5 cm³/mol. The van der Waals surface area contributed by atoms with Crippen LogP contribution in [0.1, 0.15) is 0 Å². The van der Waals surface area contributed by atoms with Crippen molar-refractivity contribution < 1.29 is 4.92 Å². The molecule has 0 heterocycles. The number of anilines is 1. The maximum absolute atomic E-state index is 10.7. The topological polar surface area (TPSA) is 71.1 Å². The molecular weight excluding hydrogens is 304 g/mol. The van der Waals surface area contributed by atoms with E-state index in [1.54, 1.807) is 12.1 Å². The van der Waals surface area contributed by atoms with Gasteiger partial charge < -0.3 is 4.90 Å². The van der Waals surface area contributed by atoms with Gasteiger partial charge >= 0.3 is 0 Å². The van der Waals surface area contributed by atoms with Gasteiger partial charge in [0.05, 0.1) is 16.3 Å². The summed E-state index contributed by atoms with van der Waals surface area (Å²) in [6.45, 7) is 0. The van der Waals surface area contributed by atoms with Crippen molar-refractivity contribution in [2.45, 2.75) is 0 Å². The van der Waals surface area contributed by atoms with E-state index in [1.807, 2.05) is 44.4 Å². The third kappa shape index (κ3) is 3.08. The van der Waals surface area contributed by atoms with Crippen LogP contribution in [0.5, 0.6) is 0 Å². The number of hydrogen-bond acceptors (Lipinski definition) is 5. The fourth-order valence-corrected chi connectivity index (χ4v) is 2.50. The Morgan fingerprint density at radius 1 is 0.875 bits per heavy atom. The van der Waals surface area contributed by atoms with Crippen LogP contribution < -0.4 is 4.90 Å². The molecule has 0 unspecified atom stereocenters. The number of nitrogens with zero attached hydrogens (tertiary/aromatic N) is 4. The lowest BCUT2D eigenvalue weighted by molar-refractivity contribution is -0.384. The van der Waals surface area contributed by atoms with E-state index in [2.05, 4.69) is 21.2 Å². The number of nitro benzene ring substituents is 1. The van der Waals surface area contributed by atoms with E-state index in [4.69, 9.17) is 0 Å². The summed E-state index contributed by atoms with van der Waals surface area (Å²) in [6, 6.07) is 17.9. The van der Waals surface area contributed by atoms with Crippen molar-refractivity contribution in [1.29, 1.82) is 0 Å². The van der Waals surface area contributed by atoms with Crippen LogP contribution in [0.2, 0.25) is 0 Å². The Morgan fingerprint density at radius 3 is 2.17 bits per heavy atom. The first-order chi connectivity index (χ1) is 11.6. The molecule has 3 aromatic rings. The average Bonchev–Trinajstić information content (AvgIpc) is 2.59. The highest BCUT2D eigenvalue weighted by molar-refractivity contribution is 6.01. The van der Waals surface area contributed by atoms with Crippen molar-refractivity contribution >= 4 is 33.5 Å². The van der Waals surface area contributed by atoms with E-state index in [0.29, 0.717) is 5.69 Å². The second kappa shape index (κ2) is 6.45. The molecule has 3 aromatic carbocycles. The number of azo groups is 1. The number of benzene rings is 3. The molecule has 0 radical (unpaired) electrons. The van der Waals surface area contributed by atoms with Crippen molar-refractivity contribution in [3.05, 3.63) is 70.8 Å².